The summed E-state index contributed by atoms with van der Waals surface area (Å²) in [6.45, 7) is 0. The maximum atomic E-state index is 5.43. The topological polar surface area (TPSA) is 103 Å². The second kappa shape index (κ2) is 5.13. The van der Waals surface area contributed by atoms with Crippen LogP contribution >= 0.6 is 12.4 Å². The highest BCUT2D eigenvalue weighted by Gasteiger charge is 2.01. The summed E-state index contributed by atoms with van der Waals surface area (Å²) in [6.07, 6.45) is 0. The quantitative estimate of drug-likeness (QED) is 0.727. The van der Waals surface area contributed by atoms with Gasteiger partial charge >= 0.3 is 0 Å². The first-order chi connectivity index (χ1) is 7.24. The monoisotopic (exact) mass is 238 g/mol. The second-order valence-electron chi connectivity index (χ2n) is 2.87. The van der Waals surface area contributed by atoms with E-state index >= 15 is 0 Å². The highest BCUT2D eigenvalue weighted by atomic mass is 35.5. The number of hydrogen-bond acceptors (Lipinski definition) is 6. The van der Waals surface area contributed by atoms with Gasteiger partial charge in [0.2, 0.25) is 17.8 Å². The Labute approximate surface area is 98.5 Å². The van der Waals surface area contributed by atoms with E-state index in [0.29, 0.717) is 5.95 Å². The van der Waals surface area contributed by atoms with Gasteiger partial charge in [0.1, 0.15) is 0 Å². The van der Waals surface area contributed by atoms with Gasteiger partial charge in [0.15, 0.2) is 0 Å². The molecule has 0 saturated carbocycles. The van der Waals surface area contributed by atoms with Crippen molar-refractivity contribution in [2.24, 2.45) is 0 Å². The van der Waals surface area contributed by atoms with Gasteiger partial charge in [0.05, 0.1) is 0 Å². The van der Waals surface area contributed by atoms with Crippen molar-refractivity contribution in [2.75, 3.05) is 16.8 Å². The molecule has 1 heterocycles. The Morgan fingerprint density at radius 2 is 1.44 bits per heavy atom. The van der Waals surface area contributed by atoms with Crippen LogP contribution in [-0.2, 0) is 0 Å². The molecule has 6 nitrogen and oxygen atoms in total. The summed E-state index contributed by atoms with van der Waals surface area (Å²) in [6, 6.07) is 9.49. The SMILES string of the molecule is Cl.Nc1nc(N)nc(Nc2ccccc2)n1. The van der Waals surface area contributed by atoms with Crippen molar-refractivity contribution in [2.45, 2.75) is 0 Å². The van der Waals surface area contributed by atoms with E-state index in [0.717, 1.165) is 5.69 Å². The highest BCUT2D eigenvalue weighted by molar-refractivity contribution is 5.85. The van der Waals surface area contributed by atoms with Crippen LogP contribution in [0.25, 0.3) is 0 Å². The van der Waals surface area contributed by atoms with Gasteiger partial charge in [-0.3, -0.25) is 0 Å². The first-order valence-corrected chi connectivity index (χ1v) is 4.33. The summed E-state index contributed by atoms with van der Waals surface area (Å²) in [5.74, 6) is 0.535. The van der Waals surface area contributed by atoms with Crippen LogP contribution in [0.15, 0.2) is 30.3 Å². The summed E-state index contributed by atoms with van der Waals surface area (Å²) in [5, 5.41) is 2.96. The normalized spacial score (nSPS) is 9.25. The lowest BCUT2D eigenvalue weighted by molar-refractivity contribution is 1.08. The summed E-state index contributed by atoms with van der Waals surface area (Å²) in [7, 11) is 0. The van der Waals surface area contributed by atoms with Crippen molar-refractivity contribution in [3.05, 3.63) is 30.3 Å². The molecule has 2 aromatic rings. The molecule has 16 heavy (non-hydrogen) atoms. The minimum absolute atomic E-state index is 0. The maximum absolute atomic E-state index is 5.43. The zero-order valence-electron chi connectivity index (χ0n) is 8.29. The fourth-order valence-electron chi connectivity index (χ4n) is 1.12. The van der Waals surface area contributed by atoms with Crippen molar-refractivity contribution in [3.8, 4) is 0 Å². The molecule has 0 spiro atoms. The standard InChI is InChI=1S/C9H10N6.ClH/c10-7-13-8(11)15-9(14-7)12-6-4-2-1-3-5-6;/h1-5H,(H5,10,11,12,13,14,15);1H. The fourth-order valence-corrected chi connectivity index (χ4v) is 1.12. The highest BCUT2D eigenvalue weighted by Crippen LogP contribution is 2.12. The number of rotatable bonds is 2. The Morgan fingerprint density at radius 3 is 2.00 bits per heavy atom. The molecule has 1 aromatic heterocycles. The molecule has 5 N–H and O–H groups in total. The molecule has 0 aliphatic carbocycles. The fraction of sp³-hybridized carbons (Fsp3) is 0. The number of nitrogen functional groups attached to an aromatic ring is 2. The van der Waals surface area contributed by atoms with Crippen LogP contribution in [0, 0.1) is 0 Å². The maximum Gasteiger partial charge on any atom is 0.233 e. The van der Waals surface area contributed by atoms with Crippen LogP contribution in [-0.4, -0.2) is 15.0 Å². The molecule has 0 aliphatic rings. The molecule has 0 atom stereocenters. The van der Waals surface area contributed by atoms with E-state index in [2.05, 4.69) is 20.3 Å². The van der Waals surface area contributed by atoms with E-state index in [-0.39, 0.29) is 24.3 Å². The Kier molecular flexibility index (Phi) is 3.84. The van der Waals surface area contributed by atoms with Crippen LogP contribution in [0.2, 0.25) is 0 Å². The zero-order chi connectivity index (χ0) is 10.7. The lowest BCUT2D eigenvalue weighted by atomic mass is 10.3. The van der Waals surface area contributed by atoms with Gasteiger partial charge in [-0.25, -0.2) is 0 Å². The number of nitrogens with one attached hydrogen (secondary N) is 1. The van der Waals surface area contributed by atoms with Crippen molar-refractivity contribution in [3.63, 3.8) is 0 Å². The van der Waals surface area contributed by atoms with Crippen molar-refractivity contribution < 1.29 is 0 Å². The number of nitrogens with zero attached hydrogens (tertiary/aromatic N) is 3. The Morgan fingerprint density at radius 1 is 0.875 bits per heavy atom. The van der Waals surface area contributed by atoms with Crippen LogP contribution < -0.4 is 16.8 Å². The smallest absolute Gasteiger partial charge is 0.233 e. The van der Waals surface area contributed by atoms with Gasteiger partial charge in [-0.1, -0.05) is 18.2 Å². The first kappa shape index (κ1) is 12.0. The molecule has 0 saturated heterocycles. The van der Waals surface area contributed by atoms with E-state index in [1.54, 1.807) is 0 Å². The predicted molar refractivity (Wildman–Crippen MR) is 65.6 cm³/mol. The van der Waals surface area contributed by atoms with E-state index in [1.807, 2.05) is 30.3 Å². The number of halogens is 1. The molecule has 0 fully saturated rings. The average Bonchev–Trinajstić information content (AvgIpc) is 2.17. The number of aromatic nitrogens is 3. The van der Waals surface area contributed by atoms with E-state index < -0.39 is 0 Å². The van der Waals surface area contributed by atoms with Gasteiger partial charge in [-0.2, -0.15) is 15.0 Å². The Balaban J connectivity index is 0.00000128. The molecule has 0 bridgehead atoms. The number of anilines is 4. The molecule has 84 valence electrons. The second-order valence-corrected chi connectivity index (χ2v) is 2.87. The van der Waals surface area contributed by atoms with Crippen LogP contribution in [0.5, 0.6) is 0 Å². The van der Waals surface area contributed by atoms with Gasteiger partial charge in [0, 0.05) is 5.69 Å². The molecule has 7 heteroatoms. The summed E-state index contributed by atoms with van der Waals surface area (Å²) < 4.78 is 0. The minimum Gasteiger partial charge on any atom is -0.368 e. The third kappa shape index (κ3) is 2.96. The predicted octanol–water partition coefficient (Wildman–Crippen LogP) is 1.20. The van der Waals surface area contributed by atoms with E-state index in [4.69, 9.17) is 11.5 Å². The van der Waals surface area contributed by atoms with Gasteiger partial charge in [-0.05, 0) is 12.1 Å². The lowest BCUT2D eigenvalue weighted by Gasteiger charge is -2.04. The van der Waals surface area contributed by atoms with E-state index in [9.17, 15) is 0 Å². The molecule has 0 radical (unpaired) electrons. The molecule has 2 rings (SSSR count). The van der Waals surface area contributed by atoms with Crippen LogP contribution in [0.4, 0.5) is 23.5 Å². The summed E-state index contributed by atoms with van der Waals surface area (Å²) >= 11 is 0. The number of nitrogens with two attached hydrogens (primary N) is 2. The minimum atomic E-state index is 0. The van der Waals surface area contributed by atoms with Gasteiger partial charge in [0.25, 0.3) is 0 Å². The molecular formula is C9H11ClN6. The molecular weight excluding hydrogens is 228 g/mol. The molecule has 1 aromatic carbocycles. The zero-order valence-corrected chi connectivity index (χ0v) is 9.11. The molecule has 0 aliphatic heterocycles. The summed E-state index contributed by atoms with van der Waals surface area (Å²) in [5.41, 5.74) is 11.7. The molecule has 0 amide bonds. The number of hydrogen-bond donors (Lipinski definition) is 3. The van der Waals surface area contributed by atoms with Crippen molar-refractivity contribution >= 4 is 35.9 Å². The molecule has 0 unspecified atom stereocenters. The van der Waals surface area contributed by atoms with Crippen molar-refractivity contribution in [1.29, 1.82) is 0 Å². The number of para-hydroxylation sites is 1. The third-order valence-corrected chi connectivity index (χ3v) is 1.70. The van der Waals surface area contributed by atoms with Crippen LogP contribution in [0.1, 0.15) is 0 Å². The Bertz CT molecular complexity index is 441. The van der Waals surface area contributed by atoms with Gasteiger partial charge in [-0.15, -0.1) is 12.4 Å². The first-order valence-electron chi connectivity index (χ1n) is 4.33. The third-order valence-electron chi connectivity index (χ3n) is 1.70. The Hall–Kier alpha value is -2.08. The lowest BCUT2D eigenvalue weighted by Crippen LogP contribution is -2.06. The van der Waals surface area contributed by atoms with Crippen molar-refractivity contribution in [1.82, 2.24) is 15.0 Å². The summed E-state index contributed by atoms with van der Waals surface area (Å²) in [4.78, 5) is 11.5. The number of benzene rings is 1. The average molecular weight is 239 g/mol. The largest absolute Gasteiger partial charge is 0.368 e. The van der Waals surface area contributed by atoms with E-state index in [1.165, 1.54) is 0 Å². The van der Waals surface area contributed by atoms with Gasteiger partial charge < -0.3 is 16.8 Å². The van der Waals surface area contributed by atoms with Crippen LogP contribution in [0.3, 0.4) is 0 Å².